The van der Waals surface area contributed by atoms with E-state index in [4.69, 9.17) is 0 Å². The Morgan fingerprint density at radius 1 is 0.656 bits per heavy atom. The molecule has 0 atom stereocenters. The molecule has 3 aromatic carbocycles. The first kappa shape index (κ1) is 22.0. The van der Waals surface area contributed by atoms with Crippen LogP contribution < -0.4 is 0 Å². The zero-order valence-corrected chi connectivity index (χ0v) is 21.6. The van der Waals surface area contributed by atoms with Gasteiger partial charge in [0.15, 0.2) is 0 Å². The number of unbranched alkanes of at least 4 members (excludes halogenated alkanes) is 7. The Kier molecular flexibility index (Phi) is 7.12. The third-order valence-corrected chi connectivity index (χ3v) is 10.1. The summed E-state index contributed by atoms with van der Waals surface area (Å²) >= 11 is 2.41. The Morgan fingerprint density at radius 2 is 1.38 bits per heavy atom. The van der Waals surface area contributed by atoms with Gasteiger partial charge in [-0.1, -0.05) is 32.6 Å². The molecule has 0 spiro atoms. The summed E-state index contributed by atoms with van der Waals surface area (Å²) in [6.45, 7) is 2.29. The molecule has 0 unspecified atom stereocenters. The van der Waals surface area contributed by atoms with E-state index in [1.54, 1.807) is 4.88 Å². The Hall–Kier alpha value is -1.86. The zero-order valence-electron chi connectivity index (χ0n) is 19.0. The summed E-state index contributed by atoms with van der Waals surface area (Å²) in [4.78, 5) is 1.56. The van der Waals surface area contributed by atoms with Crippen molar-refractivity contribution in [3.63, 3.8) is 0 Å². The van der Waals surface area contributed by atoms with E-state index in [2.05, 4.69) is 73.7 Å². The first-order valence-corrected chi connectivity index (χ1v) is 14.8. The van der Waals surface area contributed by atoms with E-state index in [1.807, 2.05) is 11.3 Å². The number of hydrogen-bond donors (Lipinski definition) is 0. The van der Waals surface area contributed by atoms with Gasteiger partial charge in [0, 0.05) is 0 Å². The molecule has 2 aromatic heterocycles. The van der Waals surface area contributed by atoms with Gasteiger partial charge in [0.25, 0.3) is 0 Å². The van der Waals surface area contributed by atoms with Crippen molar-refractivity contribution in [2.75, 3.05) is 0 Å². The van der Waals surface area contributed by atoms with Crippen molar-refractivity contribution in [2.24, 2.45) is 0 Å². The van der Waals surface area contributed by atoms with Crippen LogP contribution in [0.4, 0.5) is 0 Å². The second-order valence-corrected chi connectivity index (χ2v) is 12.5. The fourth-order valence-electron chi connectivity index (χ4n) is 4.68. The van der Waals surface area contributed by atoms with Gasteiger partial charge >= 0.3 is 170 Å². The van der Waals surface area contributed by atoms with Gasteiger partial charge in [-0.15, -0.1) is 0 Å². The standard InChI is InChI=1S/C30H32SSe/c1-2-3-4-5-6-7-8-12-15-27-18-25-16-23-17-26-21-29(22-13-10-9-11-14-22)32-30(26)20-24(23)19-28(25)31-27/h9-11,13-14,16-21H,2-8,12,15H2,1H3. The van der Waals surface area contributed by atoms with Crippen LogP contribution >= 0.6 is 11.3 Å². The number of aryl methyl sites for hydroxylation is 1. The number of rotatable bonds is 10. The summed E-state index contributed by atoms with van der Waals surface area (Å²) in [5, 5.41) is 5.63. The molecule has 0 bridgehead atoms. The van der Waals surface area contributed by atoms with E-state index in [0.29, 0.717) is 14.5 Å². The van der Waals surface area contributed by atoms with Gasteiger partial charge in [0.05, 0.1) is 0 Å². The van der Waals surface area contributed by atoms with Crippen LogP contribution in [0.25, 0.3) is 40.5 Å². The van der Waals surface area contributed by atoms with Crippen LogP contribution in [0.3, 0.4) is 0 Å². The van der Waals surface area contributed by atoms with Crippen molar-refractivity contribution < 1.29 is 0 Å². The second-order valence-electron chi connectivity index (χ2n) is 9.04. The first-order valence-electron chi connectivity index (χ1n) is 12.3. The minimum absolute atomic E-state index is 0.400. The Bertz CT molecular complexity index is 1240. The van der Waals surface area contributed by atoms with Gasteiger partial charge in [0.2, 0.25) is 0 Å². The topological polar surface area (TPSA) is 0 Å². The van der Waals surface area contributed by atoms with Gasteiger partial charge in [-0.25, -0.2) is 0 Å². The zero-order chi connectivity index (χ0) is 21.8. The molecule has 0 saturated heterocycles. The number of thiophene rings is 1. The van der Waals surface area contributed by atoms with Gasteiger partial charge < -0.3 is 0 Å². The quantitative estimate of drug-likeness (QED) is 0.131. The van der Waals surface area contributed by atoms with E-state index in [-0.39, 0.29) is 0 Å². The average molecular weight is 504 g/mol. The molecule has 0 aliphatic rings. The van der Waals surface area contributed by atoms with E-state index in [0.717, 1.165) is 0 Å². The molecule has 0 N–H and O–H groups in total. The van der Waals surface area contributed by atoms with Gasteiger partial charge in [0.1, 0.15) is 0 Å². The van der Waals surface area contributed by atoms with Crippen molar-refractivity contribution in [2.45, 2.75) is 64.7 Å². The average Bonchev–Trinajstić information content (AvgIpc) is 3.41. The van der Waals surface area contributed by atoms with E-state index >= 15 is 0 Å². The summed E-state index contributed by atoms with van der Waals surface area (Å²) in [5.41, 5.74) is 1.37. The van der Waals surface area contributed by atoms with E-state index < -0.39 is 0 Å². The molecule has 2 heterocycles. The predicted molar refractivity (Wildman–Crippen MR) is 146 cm³/mol. The molecular formula is C30H32SSe. The molecule has 5 aromatic rings. The summed E-state index contributed by atoms with van der Waals surface area (Å²) in [6, 6.07) is 25.4. The maximum atomic E-state index is 2.45. The first-order chi connectivity index (χ1) is 15.8. The van der Waals surface area contributed by atoms with Crippen LogP contribution in [-0.2, 0) is 6.42 Å². The van der Waals surface area contributed by atoms with Crippen LogP contribution in [-0.4, -0.2) is 14.5 Å². The van der Waals surface area contributed by atoms with Gasteiger partial charge in [-0.2, -0.15) is 0 Å². The van der Waals surface area contributed by atoms with Crippen molar-refractivity contribution >= 4 is 56.3 Å². The van der Waals surface area contributed by atoms with Crippen molar-refractivity contribution in [3.05, 3.63) is 71.6 Å². The van der Waals surface area contributed by atoms with E-state index in [9.17, 15) is 0 Å². The minimum atomic E-state index is 0.400. The monoisotopic (exact) mass is 504 g/mol. The van der Waals surface area contributed by atoms with Crippen molar-refractivity contribution in [1.29, 1.82) is 0 Å². The molecular weight excluding hydrogens is 471 g/mol. The van der Waals surface area contributed by atoms with Crippen LogP contribution in [0.1, 0.15) is 63.2 Å². The fourth-order valence-corrected chi connectivity index (χ4v) is 8.12. The number of hydrogen-bond acceptors (Lipinski definition) is 1. The normalized spacial score (nSPS) is 11.8. The number of benzene rings is 3. The van der Waals surface area contributed by atoms with E-state index in [1.165, 1.54) is 98.3 Å². The van der Waals surface area contributed by atoms with Crippen molar-refractivity contribution in [1.82, 2.24) is 0 Å². The van der Waals surface area contributed by atoms with Crippen LogP contribution in [0.15, 0.2) is 66.7 Å². The van der Waals surface area contributed by atoms with Crippen molar-refractivity contribution in [3.8, 4) is 10.0 Å². The molecule has 32 heavy (non-hydrogen) atoms. The van der Waals surface area contributed by atoms with Crippen LogP contribution in [0, 0.1) is 0 Å². The molecule has 0 saturated carbocycles. The summed E-state index contributed by atoms with van der Waals surface area (Å²) < 4.78 is 4.48. The summed E-state index contributed by atoms with van der Waals surface area (Å²) in [5.74, 6) is 0. The third kappa shape index (κ3) is 5.04. The predicted octanol–water partition coefficient (Wildman–Crippen LogP) is 9.61. The molecule has 0 aliphatic carbocycles. The summed E-state index contributed by atoms with van der Waals surface area (Å²) in [7, 11) is 0. The maximum absolute atomic E-state index is 2.45. The van der Waals surface area contributed by atoms with Gasteiger partial charge in [-0.05, 0) is 0 Å². The Labute approximate surface area is 202 Å². The second kappa shape index (κ2) is 10.4. The third-order valence-electron chi connectivity index (χ3n) is 6.50. The molecule has 0 nitrogen and oxygen atoms in total. The Morgan fingerprint density at radius 3 is 2.19 bits per heavy atom. The molecule has 0 aliphatic heterocycles. The molecule has 5 rings (SSSR count). The molecule has 164 valence electrons. The molecule has 0 amide bonds. The fraction of sp³-hybridized carbons (Fsp3) is 0.333. The SMILES string of the molecule is CCCCCCCCCCc1cc2cc3cc4cc(-c5ccccc5)[se]c4cc3cc2s1. The molecule has 2 heteroatoms. The van der Waals surface area contributed by atoms with Crippen LogP contribution in [0.2, 0.25) is 0 Å². The molecule has 0 radical (unpaired) electrons. The Balaban J connectivity index is 1.29. The summed E-state index contributed by atoms with van der Waals surface area (Å²) in [6.07, 6.45) is 12.4. The molecule has 0 fully saturated rings. The van der Waals surface area contributed by atoms with Crippen LogP contribution in [0.5, 0.6) is 0 Å². The van der Waals surface area contributed by atoms with Gasteiger partial charge in [-0.3, -0.25) is 0 Å². The number of fused-ring (bicyclic) bond motifs is 3.